The summed E-state index contributed by atoms with van der Waals surface area (Å²) in [6.07, 6.45) is 0. The van der Waals surface area contributed by atoms with E-state index in [1.165, 1.54) is 4.90 Å². The molecule has 0 spiro atoms. The molecule has 1 aliphatic rings. The molecule has 0 aromatic heterocycles. The van der Waals surface area contributed by atoms with Crippen molar-refractivity contribution in [3.8, 4) is 0 Å². The molecule has 0 atom stereocenters. The normalized spacial score (nSPS) is 16.1. The maximum atomic E-state index is 10.4. The summed E-state index contributed by atoms with van der Waals surface area (Å²) in [5, 5.41) is 2.11. The molecule has 10 heavy (non-hydrogen) atoms. The number of urea groups is 1. The Hall–Kier alpha value is -0.100. The lowest BCUT2D eigenvalue weighted by Gasteiger charge is -1.99. The summed E-state index contributed by atoms with van der Waals surface area (Å²) in [5.41, 5.74) is 0. The van der Waals surface area contributed by atoms with Crippen molar-refractivity contribution in [1.82, 2.24) is 10.2 Å². The average Bonchev–Trinajstić information content (AvgIpc) is 2.16. The van der Waals surface area contributed by atoms with Gasteiger partial charge in [-0.05, 0) is 0 Å². The summed E-state index contributed by atoms with van der Waals surface area (Å²) < 4.78 is 0. The second kappa shape index (κ2) is 4.68. The predicted octanol–water partition coefficient (Wildman–Crippen LogP) is 0.859. The number of likely N-dealkylation sites (N-methyl/N-ethyl adjacent to an activating group) is 1. The summed E-state index contributed by atoms with van der Waals surface area (Å²) in [5.74, 6) is -0.225. The largest absolute Gasteiger partial charge is 0.324 e. The fourth-order valence-corrected chi connectivity index (χ4v) is 0.541. The molecule has 0 unspecified atom stereocenters. The fraction of sp³-hybridized carbons (Fsp3) is 0.500. The summed E-state index contributed by atoms with van der Waals surface area (Å²) in [6, 6.07) is -0.310. The smallest absolute Gasteiger partial charge is 0.318 e. The van der Waals surface area contributed by atoms with Crippen molar-refractivity contribution in [2.24, 2.45) is 0 Å². The topological polar surface area (TPSA) is 49.4 Å². The van der Waals surface area contributed by atoms with Gasteiger partial charge in [-0.25, -0.2) is 4.79 Å². The summed E-state index contributed by atoms with van der Waals surface area (Å²) in [7, 11) is 1.57. The van der Waals surface area contributed by atoms with Crippen LogP contribution in [-0.4, -0.2) is 30.4 Å². The van der Waals surface area contributed by atoms with Crippen molar-refractivity contribution in [1.29, 1.82) is 0 Å². The van der Waals surface area contributed by atoms with Crippen LogP contribution in [0, 0.1) is 0 Å². The lowest BCUT2D eigenvalue weighted by Crippen LogP contribution is -2.24. The van der Waals surface area contributed by atoms with Gasteiger partial charge >= 0.3 is 6.03 Å². The van der Waals surface area contributed by atoms with E-state index in [-0.39, 0.29) is 18.5 Å². The van der Waals surface area contributed by atoms with Crippen LogP contribution in [0.15, 0.2) is 0 Å². The van der Waals surface area contributed by atoms with E-state index in [2.05, 4.69) is 33.6 Å². The van der Waals surface area contributed by atoms with Crippen molar-refractivity contribution in [3.63, 3.8) is 0 Å². The third kappa shape index (κ3) is 2.66. The first-order valence-corrected chi connectivity index (χ1v) is 6.11. The highest BCUT2D eigenvalue weighted by Crippen LogP contribution is 1.90. The molecule has 6 heteroatoms. The highest BCUT2D eigenvalue weighted by Gasteiger charge is 2.21. The highest BCUT2D eigenvalue weighted by atomic mass is 80.9. The molecule has 1 fully saturated rings. The van der Waals surface area contributed by atoms with Gasteiger partial charge in [0.2, 0.25) is 5.91 Å². The maximum Gasteiger partial charge on any atom is 0.324 e. The first-order valence-electron chi connectivity index (χ1n) is 2.39. The van der Waals surface area contributed by atoms with Gasteiger partial charge in [0.05, 0.1) is 0 Å². The summed E-state index contributed by atoms with van der Waals surface area (Å²) >= 11 is 5.50. The van der Waals surface area contributed by atoms with Gasteiger partial charge in [0.25, 0.3) is 0 Å². The number of rotatable bonds is 0. The van der Waals surface area contributed by atoms with Crippen LogP contribution in [0.4, 0.5) is 4.79 Å². The molecule has 3 amide bonds. The van der Waals surface area contributed by atoms with E-state index in [1.807, 2.05) is 0 Å². The molecule has 58 valence electrons. The second-order valence-electron chi connectivity index (χ2n) is 1.71. The van der Waals surface area contributed by atoms with E-state index < -0.39 is 0 Å². The van der Waals surface area contributed by atoms with Crippen LogP contribution in [0.5, 0.6) is 0 Å². The van der Waals surface area contributed by atoms with E-state index in [9.17, 15) is 9.59 Å². The third-order valence-electron chi connectivity index (χ3n) is 0.974. The fourth-order valence-electron chi connectivity index (χ4n) is 0.541. The molecule has 0 bridgehead atoms. The van der Waals surface area contributed by atoms with Gasteiger partial charge in [0.15, 0.2) is 0 Å². The highest BCUT2D eigenvalue weighted by molar-refractivity contribution is 9.93. The maximum absolute atomic E-state index is 10.4. The molecule has 1 rings (SSSR count). The Kier molecular flexibility index (Phi) is 4.63. The number of hydrogen-bond donors (Lipinski definition) is 1. The first-order chi connectivity index (χ1) is 4.70. The van der Waals surface area contributed by atoms with Gasteiger partial charge in [-0.2, -0.15) is 0 Å². The Morgan fingerprint density at radius 2 is 2.00 bits per heavy atom. The minimum atomic E-state index is -0.310. The molecule has 1 aliphatic heterocycles. The molecule has 0 aromatic carbocycles. The molecule has 0 saturated carbocycles. The second-order valence-corrected chi connectivity index (χ2v) is 1.71. The number of carbonyl (C=O) groups excluding carboxylic acids is 2. The van der Waals surface area contributed by atoms with E-state index in [1.54, 1.807) is 7.05 Å². The Labute approximate surface area is 73.8 Å². The molecule has 1 saturated heterocycles. The Bertz CT molecular complexity index is 150. The number of nitrogens with one attached hydrogen (secondary N) is 1. The molecule has 0 aliphatic carbocycles. The van der Waals surface area contributed by atoms with Gasteiger partial charge < -0.3 is 4.90 Å². The summed E-state index contributed by atoms with van der Waals surface area (Å²) in [6.45, 7) is 0.193. The van der Waals surface area contributed by atoms with Crippen LogP contribution in [0.2, 0.25) is 0 Å². The monoisotopic (exact) mass is 272 g/mol. The van der Waals surface area contributed by atoms with E-state index in [0.717, 1.165) is 0 Å². The molecule has 4 nitrogen and oxygen atoms in total. The van der Waals surface area contributed by atoms with Crippen LogP contribution < -0.4 is 5.32 Å². The van der Waals surface area contributed by atoms with Crippen LogP contribution in [0.3, 0.4) is 0 Å². The lowest BCUT2D eigenvalue weighted by molar-refractivity contribution is -0.118. The van der Waals surface area contributed by atoms with E-state index >= 15 is 0 Å². The SMILES string of the molecule is BrBr.CN1CC(=O)NC1=O. The van der Waals surface area contributed by atoms with E-state index in [0.29, 0.717) is 0 Å². The molecular weight excluding hydrogens is 268 g/mol. The number of imide groups is 1. The van der Waals surface area contributed by atoms with Crippen LogP contribution in [0.1, 0.15) is 0 Å². The van der Waals surface area contributed by atoms with E-state index in [4.69, 9.17) is 0 Å². The number of halogens is 2. The van der Waals surface area contributed by atoms with Crippen molar-refractivity contribution in [3.05, 3.63) is 0 Å². The molecule has 1 N–H and O–H groups in total. The zero-order valence-corrected chi connectivity index (χ0v) is 8.40. The minimum absolute atomic E-state index is 0.193. The molecule has 0 aromatic rings. The van der Waals surface area contributed by atoms with Crippen LogP contribution in [0.25, 0.3) is 0 Å². The van der Waals surface area contributed by atoms with Crippen molar-refractivity contribution >= 4 is 40.2 Å². The third-order valence-corrected chi connectivity index (χ3v) is 0.974. The van der Waals surface area contributed by atoms with Gasteiger partial charge in [0.1, 0.15) is 6.54 Å². The standard InChI is InChI=1S/C4H6N2O2.Br2/c1-6-2-3(7)5-4(6)8;1-2/h2H2,1H3,(H,5,7,8);. The Balaban J connectivity index is 0.000000371. The quantitative estimate of drug-likeness (QED) is 0.666. The molecule has 1 heterocycles. The van der Waals surface area contributed by atoms with Gasteiger partial charge in [-0.3, -0.25) is 10.1 Å². The minimum Gasteiger partial charge on any atom is -0.318 e. The lowest BCUT2D eigenvalue weighted by atomic mass is 10.6. The van der Waals surface area contributed by atoms with Gasteiger partial charge in [-0.15, -0.1) is 0 Å². The zero-order valence-electron chi connectivity index (χ0n) is 5.23. The Morgan fingerprint density at radius 3 is 2.10 bits per heavy atom. The Morgan fingerprint density at radius 1 is 1.50 bits per heavy atom. The summed E-state index contributed by atoms with van der Waals surface area (Å²) in [4.78, 5) is 22.0. The predicted molar refractivity (Wildman–Crippen MR) is 44.0 cm³/mol. The first kappa shape index (κ1) is 9.90. The number of hydrogen-bond acceptors (Lipinski definition) is 2. The van der Waals surface area contributed by atoms with Crippen molar-refractivity contribution < 1.29 is 9.59 Å². The average molecular weight is 274 g/mol. The number of amides is 3. The zero-order chi connectivity index (χ0) is 8.15. The number of carbonyl (C=O) groups is 2. The molecule has 0 radical (unpaired) electrons. The van der Waals surface area contributed by atoms with Crippen LogP contribution in [-0.2, 0) is 4.79 Å². The van der Waals surface area contributed by atoms with Crippen molar-refractivity contribution in [2.75, 3.05) is 13.6 Å². The van der Waals surface area contributed by atoms with Crippen molar-refractivity contribution in [2.45, 2.75) is 0 Å². The van der Waals surface area contributed by atoms with Gasteiger partial charge in [0, 0.05) is 35.3 Å². The van der Waals surface area contributed by atoms with Gasteiger partial charge in [-0.1, -0.05) is 0 Å². The number of nitrogens with zero attached hydrogens (tertiary/aromatic N) is 1. The van der Waals surface area contributed by atoms with Crippen LogP contribution >= 0.6 is 28.3 Å². The molecular formula is C4H6Br2N2O2.